The van der Waals surface area contributed by atoms with Gasteiger partial charge >= 0.3 is 0 Å². The van der Waals surface area contributed by atoms with Gasteiger partial charge in [0.15, 0.2) is 5.65 Å². The Hall–Kier alpha value is -1.91. The van der Waals surface area contributed by atoms with Crippen LogP contribution < -0.4 is 0 Å². The van der Waals surface area contributed by atoms with Crippen molar-refractivity contribution in [1.29, 1.82) is 0 Å². The van der Waals surface area contributed by atoms with Crippen molar-refractivity contribution < 1.29 is 0 Å². The predicted molar refractivity (Wildman–Crippen MR) is 88.5 cm³/mol. The second kappa shape index (κ2) is 4.83. The number of hydrogen-bond acceptors (Lipinski definition) is 3. The number of nitrogens with zero attached hydrogens (tertiary/aromatic N) is 3. The highest BCUT2D eigenvalue weighted by atomic mass is 35.5. The van der Waals surface area contributed by atoms with E-state index in [1.165, 1.54) is 10.1 Å². The third-order valence-electron chi connectivity index (χ3n) is 3.53. The zero-order valence-electron chi connectivity index (χ0n) is 11.4. The van der Waals surface area contributed by atoms with Crippen molar-refractivity contribution in [2.45, 2.75) is 12.8 Å². The fourth-order valence-corrected chi connectivity index (χ4v) is 3.50. The number of fused-ring (bicyclic) bond motifs is 2. The van der Waals surface area contributed by atoms with E-state index in [9.17, 15) is 0 Å². The Kier molecular flexibility index (Phi) is 2.94. The molecule has 0 radical (unpaired) electrons. The van der Waals surface area contributed by atoms with Crippen LogP contribution in [0, 0.1) is 6.92 Å². The average molecular weight is 314 g/mol. The molecule has 4 aromatic rings. The monoisotopic (exact) mass is 313 g/mol. The topological polar surface area (TPSA) is 30.7 Å². The van der Waals surface area contributed by atoms with Gasteiger partial charge in [-0.05, 0) is 54.1 Å². The first kappa shape index (κ1) is 12.8. The summed E-state index contributed by atoms with van der Waals surface area (Å²) >= 11 is 7.82. The van der Waals surface area contributed by atoms with Crippen LogP contribution in [0.2, 0.25) is 0 Å². The molecule has 5 heteroatoms. The molecule has 0 saturated carbocycles. The van der Waals surface area contributed by atoms with Crippen LogP contribution >= 0.6 is 22.9 Å². The molecule has 0 aliphatic rings. The summed E-state index contributed by atoms with van der Waals surface area (Å²) in [6, 6.07) is 12.5. The fourth-order valence-electron chi connectivity index (χ4n) is 2.55. The number of aromatic nitrogens is 3. The van der Waals surface area contributed by atoms with Gasteiger partial charge in [-0.2, -0.15) is 0 Å². The molecule has 3 nitrogen and oxygen atoms in total. The van der Waals surface area contributed by atoms with Gasteiger partial charge in [0.1, 0.15) is 11.3 Å². The average Bonchev–Trinajstić information content (AvgIpc) is 3.09. The normalized spacial score (nSPS) is 11.5. The molecule has 3 aromatic heterocycles. The maximum atomic E-state index is 6.08. The van der Waals surface area contributed by atoms with Crippen molar-refractivity contribution in [3.05, 3.63) is 53.3 Å². The maximum absolute atomic E-state index is 6.08. The Morgan fingerprint density at radius 1 is 1.14 bits per heavy atom. The third kappa shape index (κ3) is 2.03. The van der Waals surface area contributed by atoms with Gasteiger partial charge in [-0.1, -0.05) is 0 Å². The Morgan fingerprint density at radius 3 is 2.90 bits per heavy atom. The van der Waals surface area contributed by atoms with Gasteiger partial charge in [-0.25, -0.2) is 9.97 Å². The number of imidazole rings is 1. The molecule has 0 N–H and O–H groups in total. The molecule has 0 unspecified atom stereocenters. The summed E-state index contributed by atoms with van der Waals surface area (Å²) in [4.78, 5) is 9.22. The number of benzene rings is 1. The van der Waals surface area contributed by atoms with Crippen LogP contribution in [0.1, 0.15) is 11.5 Å². The summed E-state index contributed by atoms with van der Waals surface area (Å²) in [6.45, 7) is 1.99. The minimum atomic E-state index is 0.358. The molecular formula is C16H12ClN3S. The Labute approximate surface area is 130 Å². The van der Waals surface area contributed by atoms with E-state index in [1.807, 2.05) is 23.6 Å². The van der Waals surface area contributed by atoms with E-state index in [-0.39, 0.29) is 0 Å². The molecule has 0 fully saturated rings. The number of aryl methyl sites for hydroxylation is 1. The van der Waals surface area contributed by atoms with E-state index in [2.05, 4.69) is 39.6 Å². The molecule has 0 amide bonds. The number of hydrogen-bond donors (Lipinski definition) is 0. The van der Waals surface area contributed by atoms with E-state index >= 15 is 0 Å². The highest BCUT2D eigenvalue weighted by Crippen LogP contribution is 2.27. The van der Waals surface area contributed by atoms with Gasteiger partial charge in [-0.15, -0.1) is 22.9 Å². The first-order chi connectivity index (χ1) is 10.3. The fraction of sp³-hybridized carbons (Fsp3) is 0.125. The van der Waals surface area contributed by atoms with Crippen LogP contribution in [-0.4, -0.2) is 14.5 Å². The summed E-state index contributed by atoms with van der Waals surface area (Å²) in [7, 11) is 0. The number of pyridine rings is 1. The summed E-state index contributed by atoms with van der Waals surface area (Å²) in [5.74, 6) is 1.18. The van der Waals surface area contributed by atoms with Crippen LogP contribution in [0.5, 0.6) is 0 Å². The highest BCUT2D eigenvalue weighted by Gasteiger charge is 2.13. The van der Waals surface area contributed by atoms with E-state index in [0.29, 0.717) is 5.88 Å². The highest BCUT2D eigenvalue weighted by molar-refractivity contribution is 7.17. The van der Waals surface area contributed by atoms with Crippen LogP contribution in [0.3, 0.4) is 0 Å². The lowest BCUT2D eigenvalue weighted by atomic mass is 10.2. The summed E-state index contributed by atoms with van der Waals surface area (Å²) in [5.41, 5.74) is 3.76. The first-order valence-corrected chi connectivity index (χ1v) is 8.06. The molecule has 1 aromatic carbocycles. The van der Waals surface area contributed by atoms with Crippen LogP contribution in [0.15, 0.2) is 41.8 Å². The predicted octanol–water partition coefficient (Wildman–Crippen LogP) is 4.68. The number of thiophene rings is 1. The van der Waals surface area contributed by atoms with Crippen molar-refractivity contribution >= 4 is 44.2 Å². The molecule has 0 aliphatic heterocycles. The molecule has 104 valence electrons. The smallest absolute Gasteiger partial charge is 0.164 e. The van der Waals surface area contributed by atoms with Gasteiger partial charge in [-0.3, -0.25) is 4.57 Å². The second-order valence-electron chi connectivity index (χ2n) is 4.94. The van der Waals surface area contributed by atoms with Gasteiger partial charge in [0.25, 0.3) is 0 Å². The molecule has 3 heterocycles. The number of rotatable bonds is 2. The van der Waals surface area contributed by atoms with E-state index in [0.717, 1.165) is 28.4 Å². The van der Waals surface area contributed by atoms with Gasteiger partial charge in [0.05, 0.1) is 5.88 Å². The zero-order chi connectivity index (χ0) is 14.4. The van der Waals surface area contributed by atoms with Crippen LogP contribution in [-0.2, 0) is 5.88 Å². The number of halogens is 1. The Bertz CT molecular complexity index is 955. The Morgan fingerprint density at radius 2 is 2.05 bits per heavy atom. The summed E-state index contributed by atoms with van der Waals surface area (Å²) in [6.07, 6.45) is 0. The van der Waals surface area contributed by atoms with Gasteiger partial charge < -0.3 is 0 Å². The molecule has 21 heavy (non-hydrogen) atoms. The van der Waals surface area contributed by atoms with Crippen LogP contribution in [0.4, 0.5) is 0 Å². The molecule has 0 saturated heterocycles. The Balaban J connectivity index is 2.05. The van der Waals surface area contributed by atoms with Crippen molar-refractivity contribution in [1.82, 2.24) is 14.5 Å². The molecule has 0 aliphatic carbocycles. The molecule has 0 bridgehead atoms. The maximum Gasteiger partial charge on any atom is 0.164 e. The largest absolute Gasteiger partial charge is 0.280 e. The quantitative estimate of drug-likeness (QED) is 0.503. The standard InChI is InChI=1S/C16H12ClN3S/c1-10-2-4-13-16(18-10)20(15(9-17)19-13)12-3-5-14-11(8-12)6-7-21-14/h2-8H,9H2,1H3. The second-order valence-corrected chi connectivity index (χ2v) is 6.15. The van der Waals surface area contributed by atoms with E-state index in [4.69, 9.17) is 11.6 Å². The SMILES string of the molecule is Cc1ccc2nc(CCl)n(-c3ccc4sccc4c3)c2n1. The lowest BCUT2D eigenvalue weighted by Gasteiger charge is -2.07. The number of alkyl halides is 1. The molecular weight excluding hydrogens is 302 g/mol. The summed E-state index contributed by atoms with van der Waals surface area (Å²) < 4.78 is 3.33. The van der Waals surface area contributed by atoms with Crippen molar-refractivity contribution in [2.75, 3.05) is 0 Å². The molecule has 0 spiro atoms. The van der Waals surface area contributed by atoms with E-state index in [1.54, 1.807) is 11.3 Å². The molecule has 4 rings (SSSR count). The van der Waals surface area contributed by atoms with E-state index < -0.39 is 0 Å². The first-order valence-electron chi connectivity index (χ1n) is 6.65. The minimum Gasteiger partial charge on any atom is -0.280 e. The molecule has 0 atom stereocenters. The third-order valence-corrected chi connectivity index (χ3v) is 4.66. The summed E-state index contributed by atoms with van der Waals surface area (Å²) in [5, 5.41) is 3.33. The lowest BCUT2D eigenvalue weighted by Crippen LogP contribution is -2.00. The van der Waals surface area contributed by atoms with Gasteiger partial charge in [0, 0.05) is 16.1 Å². The lowest BCUT2D eigenvalue weighted by molar-refractivity contribution is 0.968. The zero-order valence-corrected chi connectivity index (χ0v) is 12.9. The van der Waals surface area contributed by atoms with Crippen LogP contribution in [0.25, 0.3) is 26.9 Å². The van der Waals surface area contributed by atoms with Gasteiger partial charge in [0.2, 0.25) is 0 Å². The van der Waals surface area contributed by atoms with Crippen molar-refractivity contribution in [2.24, 2.45) is 0 Å². The van der Waals surface area contributed by atoms with Crippen molar-refractivity contribution in [3.63, 3.8) is 0 Å². The minimum absolute atomic E-state index is 0.358. The van der Waals surface area contributed by atoms with Crippen molar-refractivity contribution in [3.8, 4) is 5.69 Å².